The molecule has 0 saturated heterocycles. The van der Waals surface area contributed by atoms with Crippen molar-refractivity contribution in [3.8, 4) is 51.0 Å². The zero-order valence-electron chi connectivity index (χ0n) is 25.7. The first-order chi connectivity index (χ1) is 23.8. The van der Waals surface area contributed by atoms with Gasteiger partial charge in [-0.05, 0) is 40.6 Å². The van der Waals surface area contributed by atoms with Gasteiger partial charge in [-0.15, -0.1) is 0 Å². The Morgan fingerprint density at radius 2 is 1.27 bits per heavy atom. The van der Waals surface area contributed by atoms with E-state index in [0.717, 1.165) is 55.5 Å². The van der Waals surface area contributed by atoms with Crippen LogP contribution in [0.25, 0.3) is 78.0 Å². The average Bonchev–Trinajstić information content (AvgIpc) is 3.73. The van der Waals surface area contributed by atoms with E-state index in [4.69, 9.17) is 24.1 Å². The Kier molecular flexibility index (Phi) is 5.93. The molecular formula is C43H27N3O2. The quantitative estimate of drug-likeness (QED) is 0.197. The van der Waals surface area contributed by atoms with Crippen molar-refractivity contribution >= 4 is 32.7 Å². The second kappa shape index (κ2) is 10.6. The lowest BCUT2D eigenvalue weighted by Gasteiger charge is -2.13. The lowest BCUT2D eigenvalue weighted by molar-refractivity contribution is 0.269. The molecule has 0 bridgehead atoms. The molecule has 8 aromatic rings. The molecule has 48 heavy (non-hydrogen) atoms. The molecule has 1 aliphatic carbocycles. The summed E-state index contributed by atoms with van der Waals surface area (Å²) in [4.78, 5) is 15.2. The van der Waals surface area contributed by atoms with Crippen LogP contribution < -0.4 is 4.74 Å². The number of rotatable bonds is 4. The molecule has 10 rings (SSSR count). The standard InChI is InChI=1S/C43H27N3O2/c1-2-11-27(12-3-1)41-44-42(30-22-23-33-32-14-6-7-18-36(32)47-38(33)25-30)46-43(45-41)35-17-9-19-37-39(35)34-16-8-15-31(40(34)48-37)29-21-20-26-10-4-5-13-28(26)24-29/h1-25,32,36H. The molecule has 2 aliphatic rings. The summed E-state index contributed by atoms with van der Waals surface area (Å²) in [6.07, 6.45) is 8.46. The fourth-order valence-electron chi connectivity index (χ4n) is 7.14. The van der Waals surface area contributed by atoms with Gasteiger partial charge in [0.2, 0.25) is 0 Å². The fourth-order valence-corrected chi connectivity index (χ4v) is 7.14. The van der Waals surface area contributed by atoms with Crippen molar-refractivity contribution in [1.29, 1.82) is 0 Å². The highest BCUT2D eigenvalue weighted by atomic mass is 16.5. The minimum atomic E-state index is 0.0144. The summed E-state index contributed by atoms with van der Waals surface area (Å²) in [5.41, 5.74) is 7.65. The molecule has 0 radical (unpaired) electrons. The van der Waals surface area contributed by atoms with Crippen molar-refractivity contribution < 1.29 is 9.15 Å². The number of hydrogen-bond acceptors (Lipinski definition) is 5. The smallest absolute Gasteiger partial charge is 0.164 e. The summed E-state index contributed by atoms with van der Waals surface area (Å²) in [7, 11) is 0. The first kappa shape index (κ1) is 26.8. The zero-order valence-corrected chi connectivity index (χ0v) is 25.7. The van der Waals surface area contributed by atoms with Gasteiger partial charge in [-0.3, -0.25) is 0 Å². The van der Waals surface area contributed by atoms with Crippen molar-refractivity contribution in [3.63, 3.8) is 0 Å². The van der Waals surface area contributed by atoms with Crippen LogP contribution in [0.5, 0.6) is 5.75 Å². The van der Waals surface area contributed by atoms with Crippen LogP contribution in [0.2, 0.25) is 0 Å². The maximum atomic E-state index is 6.64. The highest BCUT2D eigenvalue weighted by Gasteiger charge is 2.32. The lowest BCUT2D eigenvalue weighted by atomic mass is 9.91. The number of furan rings is 1. The number of ether oxygens (including phenoxy) is 1. The molecule has 226 valence electrons. The monoisotopic (exact) mass is 617 g/mol. The van der Waals surface area contributed by atoms with Crippen LogP contribution in [0.3, 0.4) is 0 Å². The van der Waals surface area contributed by atoms with E-state index in [1.807, 2.05) is 48.5 Å². The number of nitrogens with zero attached hydrogens (tertiary/aromatic N) is 3. The zero-order chi connectivity index (χ0) is 31.6. The summed E-state index contributed by atoms with van der Waals surface area (Å²) in [5, 5.41) is 4.40. The third kappa shape index (κ3) is 4.28. The van der Waals surface area contributed by atoms with Crippen LogP contribution >= 0.6 is 0 Å². The van der Waals surface area contributed by atoms with E-state index >= 15 is 0 Å². The van der Waals surface area contributed by atoms with Crippen LogP contribution in [-0.2, 0) is 0 Å². The van der Waals surface area contributed by atoms with E-state index in [2.05, 4.69) is 103 Å². The van der Waals surface area contributed by atoms with Gasteiger partial charge >= 0.3 is 0 Å². The summed E-state index contributed by atoms with van der Waals surface area (Å²) in [5.74, 6) is 2.88. The van der Waals surface area contributed by atoms with Crippen LogP contribution in [0.4, 0.5) is 0 Å². The Balaban J connectivity index is 1.16. The van der Waals surface area contributed by atoms with Crippen LogP contribution in [0, 0.1) is 0 Å². The summed E-state index contributed by atoms with van der Waals surface area (Å²) in [6.45, 7) is 0. The number of para-hydroxylation sites is 1. The number of benzene rings is 6. The fraction of sp³-hybridized carbons (Fsp3) is 0.0465. The number of hydrogen-bond donors (Lipinski definition) is 0. The van der Waals surface area contributed by atoms with E-state index in [1.54, 1.807) is 0 Å². The largest absolute Gasteiger partial charge is 0.485 e. The van der Waals surface area contributed by atoms with Crippen LogP contribution in [-0.4, -0.2) is 21.1 Å². The molecule has 5 heteroatoms. The van der Waals surface area contributed by atoms with Crippen LogP contribution in [0.15, 0.2) is 156 Å². The molecule has 0 spiro atoms. The van der Waals surface area contributed by atoms with Crippen molar-refractivity contribution in [3.05, 3.63) is 157 Å². The van der Waals surface area contributed by atoms with E-state index in [0.29, 0.717) is 17.5 Å². The van der Waals surface area contributed by atoms with Gasteiger partial charge in [-0.25, -0.2) is 15.0 Å². The molecule has 0 N–H and O–H groups in total. The summed E-state index contributed by atoms with van der Waals surface area (Å²) >= 11 is 0. The Morgan fingerprint density at radius 1 is 0.521 bits per heavy atom. The maximum Gasteiger partial charge on any atom is 0.164 e. The molecular weight excluding hydrogens is 590 g/mol. The van der Waals surface area contributed by atoms with Gasteiger partial charge in [0.1, 0.15) is 23.0 Å². The van der Waals surface area contributed by atoms with E-state index in [1.165, 1.54) is 16.3 Å². The van der Waals surface area contributed by atoms with Gasteiger partial charge in [-0.1, -0.05) is 127 Å². The molecule has 2 aromatic heterocycles. The molecule has 0 fully saturated rings. The first-order valence-corrected chi connectivity index (χ1v) is 16.2. The SMILES string of the molecule is C1=CC2Oc3cc(-c4nc(-c5ccccc5)nc(-c5cccc6oc7c(-c8ccc9ccccc9c8)cccc7c56)n4)ccc3C2C=C1. The van der Waals surface area contributed by atoms with Crippen molar-refractivity contribution in [2.24, 2.45) is 0 Å². The first-order valence-electron chi connectivity index (χ1n) is 16.2. The number of aromatic nitrogens is 3. The molecule has 5 nitrogen and oxygen atoms in total. The van der Waals surface area contributed by atoms with E-state index in [-0.39, 0.29) is 12.0 Å². The lowest BCUT2D eigenvalue weighted by Crippen LogP contribution is -2.15. The van der Waals surface area contributed by atoms with Crippen LogP contribution in [0.1, 0.15) is 11.5 Å². The van der Waals surface area contributed by atoms with Gasteiger partial charge in [-0.2, -0.15) is 0 Å². The third-order valence-electron chi connectivity index (χ3n) is 9.47. The highest BCUT2D eigenvalue weighted by molar-refractivity contribution is 6.15. The summed E-state index contributed by atoms with van der Waals surface area (Å²) < 4.78 is 13.0. The second-order valence-electron chi connectivity index (χ2n) is 12.3. The minimum Gasteiger partial charge on any atom is -0.485 e. The van der Waals surface area contributed by atoms with Crippen molar-refractivity contribution in [2.75, 3.05) is 0 Å². The second-order valence-corrected chi connectivity index (χ2v) is 12.3. The van der Waals surface area contributed by atoms with Gasteiger partial charge in [0.25, 0.3) is 0 Å². The molecule has 3 heterocycles. The molecule has 2 unspecified atom stereocenters. The Hall–Kier alpha value is -6.33. The van der Waals surface area contributed by atoms with E-state index < -0.39 is 0 Å². The molecule has 1 aliphatic heterocycles. The predicted octanol–water partition coefficient (Wildman–Crippen LogP) is 10.6. The summed E-state index contributed by atoms with van der Waals surface area (Å²) in [6, 6.07) is 43.8. The molecule has 0 amide bonds. The highest BCUT2D eigenvalue weighted by Crippen LogP contribution is 2.44. The normalized spacial score (nSPS) is 16.3. The third-order valence-corrected chi connectivity index (χ3v) is 9.47. The van der Waals surface area contributed by atoms with Gasteiger partial charge < -0.3 is 9.15 Å². The number of fused-ring (bicyclic) bond motifs is 7. The predicted molar refractivity (Wildman–Crippen MR) is 192 cm³/mol. The van der Waals surface area contributed by atoms with Gasteiger partial charge in [0, 0.05) is 44.5 Å². The van der Waals surface area contributed by atoms with Gasteiger partial charge in [0.15, 0.2) is 17.5 Å². The Bertz CT molecular complexity index is 2620. The van der Waals surface area contributed by atoms with Gasteiger partial charge in [0.05, 0.1) is 0 Å². The topological polar surface area (TPSA) is 61.0 Å². The molecule has 2 atom stereocenters. The van der Waals surface area contributed by atoms with Crippen molar-refractivity contribution in [1.82, 2.24) is 15.0 Å². The number of allylic oxidation sites excluding steroid dienone is 2. The minimum absolute atomic E-state index is 0.0144. The average molecular weight is 618 g/mol. The Morgan fingerprint density at radius 3 is 2.19 bits per heavy atom. The molecule has 6 aromatic carbocycles. The van der Waals surface area contributed by atoms with Crippen molar-refractivity contribution in [2.45, 2.75) is 12.0 Å². The molecule has 0 saturated carbocycles. The maximum absolute atomic E-state index is 6.64. The Labute approximate surface area is 276 Å². The van der Waals surface area contributed by atoms with E-state index in [9.17, 15) is 0 Å².